The van der Waals surface area contributed by atoms with Crippen LogP contribution in [0.5, 0.6) is 0 Å². The minimum atomic E-state index is -0.786. The number of carbonyl (C=O) groups is 1. The minimum absolute atomic E-state index is 0.0106. The van der Waals surface area contributed by atoms with Crippen LogP contribution in [-0.2, 0) is 0 Å². The van der Waals surface area contributed by atoms with E-state index < -0.39 is 11.7 Å². The Morgan fingerprint density at radius 2 is 2.04 bits per heavy atom. The van der Waals surface area contributed by atoms with Gasteiger partial charge in [0.05, 0.1) is 23.0 Å². The van der Waals surface area contributed by atoms with E-state index in [1.165, 1.54) is 0 Å². The normalized spacial score (nSPS) is 12.0. The Morgan fingerprint density at radius 3 is 2.77 bits per heavy atom. The van der Waals surface area contributed by atoms with Crippen molar-refractivity contribution in [1.29, 1.82) is 0 Å². The number of rotatable bonds is 6. The van der Waals surface area contributed by atoms with Crippen molar-refractivity contribution in [2.24, 2.45) is 11.5 Å². The Morgan fingerprint density at radius 1 is 1.27 bits per heavy atom. The Hall–Kier alpha value is -3.26. The summed E-state index contributed by atoms with van der Waals surface area (Å²) in [5, 5.41) is 6.72. The molecule has 2 heterocycles. The number of hydrogen-bond acceptors (Lipinski definition) is 6. The standard InChI is InChI=1S/C18H19FN6O/c1-10(20)8-23-18-14(19)7-13(16(21)26)17(25-18)24-12-6-11-4-2-3-5-15(11)22-9-12/h2-7,9-10H,8,20H2,1H3,(H2,21,26)(H2,23,24,25)/t10-/m0/s1. The minimum Gasteiger partial charge on any atom is -0.366 e. The SMILES string of the molecule is C[C@H](N)CNc1nc(Nc2cnc3ccccc3c2)c(C(N)=O)cc1F. The van der Waals surface area contributed by atoms with Gasteiger partial charge in [-0.05, 0) is 25.1 Å². The zero-order chi connectivity index (χ0) is 18.7. The smallest absolute Gasteiger partial charge is 0.252 e. The van der Waals surface area contributed by atoms with Gasteiger partial charge in [-0.15, -0.1) is 0 Å². The number of carbonyl (C=O) groups excluding carboxylic acids is 1. The lowest BCUT2D eigenvalue weighted by Crippen LogP contribution is -2.26. The molecule has 3 rings (SSSR count). The molecule has 0 aliphatic carbocycles. The van der Waals surface area contributed by atoms with Gasteiger partial charge in [-0.3, -0.25) is 9.78 Å². The van der Waals surface area contributed by atoms with Crippen LogP contribution in [-0.4, -0.2) is 28.5 Å². The van der Waals surface area contributed by atoms with Gasteiger partial charge in [-0.2, -0.15) is 0 Å². The van der Waals surface area contributed by atoms with Crippen LogP contribution in [0.4, 0.5) is 21.7 Å². The fraction of sp³-hybridized carbons (Fsp3) is 0.167. The van der Waals surface area contributed by atoms with Crippen molar-refractivity contribution in [2.45, 2.75) is 13.0 Å². The van der Waals surface area contributed by atoms with E-state index in [2.05, 4.69) is 20.6 Å². The van der Waals surface area contributed by atoms with Crippen LogP contribution >= 0.6 is 0 Å². The second-order valence-electron chi connectivity index (χ2n) is 5.98. The number of amides is 1. The maximum atomic E-state index is 14.2. The fourth-order valence-corrected chi connectivity index (χ4v) is 2.43. The molecule has 0 saturated carbocycles. The molecule has 0 spiro atoms. The predicted molar refractivity (Wildman–Crippen MR) is 99.9 cm³/mol. The Bertz CT molecular complexity index is 960. The second-order valence-corrected chi connectivity index (χ2v) is 5.98. The summed E-state index contributed by atoms with van der Waals surface area (Å²) in [7, 11) is 0. The molecule has 3 aromatic rings. The quantitative estimate of drug-likeness (QED) is 0.540. The molecule has 0 aliphatic rings. The number of fused-ring (bicyclic) bond motifs is 1. The van der Waals surface area contributed by atoms with Crippen LogP contribution < -0.4 is 22.1 Å². The number of para-hydroxylation sites is 1. The molecule has 8 heteroatoms. The highest BCUT2D eigenvalue weighted by Gasteiger charge is 2.16. The molecule has 6 N–H and O–H groups in total. The van der Waals surface area contributed by atoms with E-state index in [9.17, 15) is 9.18 Å². The lowest BCUT2D eigenvalue weighted by Gasteiger charge is -2.14. The number of benzene rings is 1. The predicted octanol–water partition coefficient (Wildman–Crippen LogP) is 2.37. The largest absolute Gasteiger partial charge is 0.366 e. The summed E-state index contributed by atoms with van der Waals surface area (Å²) in [6.07, 6.45) is 1.60. The summed E-state index contributed by atoms with van der Waals surface area (Å²) in [5.41, 5.74) is 12.4. The van der Waals surface area contributed by atoms with Gasteiger partial charge in [-0.25, -0.2) is 9.37 Å². The third-order valence-electron chi connectivity index (χ3n) is 3.69. The van der Waals surface area contributed by atoms with Crippen LogP contribution in [0.3, 0.4) is 0 Å². The van der Waals surface area contributed by atoms with Gasteiger partial charge in [0, 0.05) is 18.0 Å². The second kappa shape index (κ2) is 7.32. The monoisotopic (exact) mass is 354 g/mol. The number of aromatic nitrogens is 2. The van der Waals surface area contributed by atoms with E-state index in [1.807, 2.05) is 30.3 Å². The van der Waals surface area contributed by atoms with Gasteiger partial charge in [0.15, 0.2) is 11.6 Å². The van der Waals surface area contributed by atoms with Gasteiger partial charge in [0.1, 0.15) is 5.82 Å². The molecule has 1 aromatic carbocycles. The molecule has 134 valence electrons. The van der Waals surface area contributed by atoms with E-state index in [1.54, 1.807) is 13.1 Å². The maximum absolute atomic E-state index is 14.2. The van der Waals surface area contributed by atoms with Crippen molar-refractivity contribution in [2.75, 3.05) is 17.2 Å². The number of nitrogens with two attached hydrogens (primary N) is 2. The van der Waals surface area contributed by atoms with Crippen LogP contribution in [0.25, 0.3) is 10.9 Å². The highest BCUT2D eigenvalue weighted by atomic mass is 19.1. The molecule has 0 radical (unpaired) electrons. The first-order valence-electron chi connectivity index (χ1n) is 8.05. The zero-order valence-corrected chi connectivity index (χ0v) is 14.2. The van der Waals surface area contributed by atoms with E-state index >= 15 is 0 Å². The third-order valence-corrected chi connectivity index (χ3v) is 3.69. The van der Waals surface area contributed by atoms with Gasteiger partial charge in [0.25, 0.3) is 5.91 Å². The average Bonchev–Trinajstić information content (AvgIpc) is 2.61. The summed E-state index contributed by atoms with van der Waals surface area (Å²) in [6, 6.07) is 10.3. The molecule has 0 fully saturated rings. The molecule has 7 nitrogen and oxygen atoms in total. The summed E-state index contributed by atoms with van der Waals surface area (Å²) >= 11 is 0. The number of anilines is 3. The lowest BCUT2D eigenvalue weighted by molar-refractivity contribution is 0.100. The van der Waals surface area contributed by atoms with Crippen LogP contribution in [0.2, 0.25) is 0 Å². The van der Waals surface area contributed by atoms with Crippen molar-refractivity contribution in [3.63, 3.8) is 0 Å². The van der Waals surface area contributed by atoms with E-state index in [0.29, 0.717) is 12.2 Å². The van der Waals surface area contributed by atoms with Crippen molar-refractivity contribution >= 4 is 34.1 Å². The first kappa shape index (κ1) is 17.6. The molecule has 0 unspecified atom stereocenters. The number of nitrogens with zero attached hydrogens (tertiary/aromatic N) is 2. The number of pyridine rings is 2. The van der Waals surface area contributed by atoms with Gasteiger partial charge < -0.3 is 22.1 Å². The van der Waals surface area contributed by atoms with E-state index in [0.717, 1.165) is 17.0 Å². The summed E-state index contributed by atoms with van der Waals surface area (Å²) in [6.45, 7) is 2.11. The van der Waals surface area contributed by atoms with Gasteiger partial charge in [-0.1, -0.05) is 18.2 Å². The van der Waals surface area contributed by atoms with Crippen molar-refractivity contribution in [3.05, 3.63) is 54.0 Å². The molecule has 0 bridgehead atoms. The molecular formula is C18H19FN6O. The molecule has 2 aromatic heterocycles. The molecular weight excluding hydrogens is 335 g/mol. The summed E-state index contributed by atoms with van der Waals surface area (Å²) in [5.74, 6) is -1.33. The maximum Gasteiger partial charge on any atom is 0.252 e. The van der Waals surface area contributed by atoms with Crippen molar-refractivity contribution < 1.29 is 9.18 Å². The first-order chi connectivity index (χ1) is 12.4. The number of hydrogen-bond donors (Lipinski definition) is 4. The summed E-state index contributed by atoms with van der Waals surface area (Å²) in [4.78, 5) is 20.2. The van der Waals surface area contributed by atoms with E-state index in [4.69, 9.17) is 11.5 Å². The Labute approximate surface area is 149 Å². The van der Waals surface area contributed by atoms with Crippen LogP contribution in [0.1, 0.15) is 17.3 Å². The third kappa shape index (κ3) is 3.86. The number of primary amides is 1. The molecule has 0 saturated heterocycles. The lowest BCUT2D eigenvalue weighted by atomic mass is 10.2. The number of halogens is 1. The Kier molecular flexibility index (Phi) is 4.94. The first-order valence-corrected chi connectivity index (χ1v) is 8.05. The molecule has 26 heavy (non-hydrogen) atoms. The zero-order valence-electron chi connectivity index (χ0n) is 14.2. The highest BCUT2D eigenvalue weighted by molar-refractivity contribution is 5.98. The van der Waals surface area contributed by atoms with Crippen molar-refractivity contribution in [3.8, 4) is 0 Å². The average molecular weight is 354 g/mol. The van der Waals surface area contributed by atoms with Gasteiger partial charge >= 0.3 is 0 Å². The summed E-state index contributed by atoms with van der Waals surface area (Å²) < 4.78 is 14.2. The van der Waals surface area contributed by atoms with Crippen LogP contribution in [0, 0.1) is 5.82 Å². The highest BCUT2D eigenvalue weighted by Crippen LogP contribution is 2.25. The topological polar surface area (TPSA) is 119 Å². The molecule has 1 amide bonds. The molecule has 1 atom stereocenters. The fourth-order valence-electron chi connectivity index (χ4n) is 2.43. The van der Waals surface area contributed by atoms with Gasteiger partial charge in [0.2, 0.25) is 0 Å². The number of nitrogens with one attached hydrogen (secondary N) is 2. The van der Waals surface area contributed by atoms with Crippen LogP contribution in [0.15, 0.2) is 42.6 Å². The Balaban J connectivity index is 1.97. The van der Waals surface area contributed by atoms with Crippen molar-refractivity contribution in [1.82, 2.24) is 9.97 Å². The molecule has 0 aliphatic heterocycles. The van der Waals surface area contributed by atoms with E-state index in [-0.39, 0.29) is 23.2 Å².